The van der Waals surface area contributed by atoms with Crippen molar-refractivity contribution in [3.8, 4) is 0 Å². The van der Waals surface area contributed by atoms with Gasteiger partial charge >= 0.3 is 0 Å². The highest BCUT2D eigenvalue weighted by atomic mass is 16.2. The van der Waals surface area contributed by atoms with Gasteiger partial charge in [-0.2, -0.15) is 0 Å². The third-order valence-electron chi connectivity index (χ3n) is 3.16. The molecule has 1 fully saturated rings. The molecule has 5 nitrogen and oxygen atoms in total. The Kier molecular flexibility index (Phi) is 3.41. The Hall–Kier alpha value is -1.39. The molecule has 1 amide bonds. The normalized spacial score (nSPS) is 17.6. The van der Waals surface area contributed by atoms with Crippen LogP contribution in [0, 0.1) is 5.92 Å². The summed E-state index contributed by atoms with van der Waals surface area (Å²) in [5.74, 6) is 1.59. The summed E-state index contributed by atoms with van der Waals surface area (Å²) in [6.07, 6.45) is 3.66. The van der Waals surface area contributed by atoms with Crippen LogP contribution in [0.5, 0.6) is 0 Å². The van der Waals surface area contributed by atoms with Crippen molar-refractivity contribution in [1.82, 2.24) is 20.5 Å². The molecule has 1 saturated carbocycles. The fourth-order valence-electron chi connectivity index (χ4n) is 1.90. The number of amides is 1. The predicted molar refractivity (Wildman–Crippen MR) is 69.4 cm³/mol. The monoisotopic (exact) mass is 250 g/mol. The van der Waals surface area contributed by atoms with Crippen LogP contribution in [-0.4, -0.2) is 27.1 Å². The van der Waals surface area contributed by atoms with E-state index in [1.807, 2.05) is 27.7 Å². The first-order valence-corrected chi connectivity index (χ1v) is 6.60. The molecule has 1 unspecified atom stereocenters. The first-order chi connectivity index (χ1) is 8.36. The highest BCUT2D eigenvalue weighted by Crippen LogP contribution is 2.33. The van der Waals surface area contributed by atoms with E-state index in [9.17, 15) is 4.79 Å². The number of hydrogen-bond donors (Lipinski definition) is 2. The van der Waals surface area contributed by atoms with Gasteiger partial charge < -0.3 is 5.32 Å². The summed E-state index contributed by atoms with van der Waals surface area (Å²) in [6, 6.07) is 0.196. The molecule has 1 aromatic rings. The van der Waals surface area contributed by atoms with E-state index in [1.165, 1.54) is 12.8 Å². The SMILES string of the molecule is CC(CC1CC1)NC(=O)c1n[nH]c(C(C)(C)C)n1. The standard InChI is InChI=1S/C13H22N4O/c1-8(7-9-5-6-9)14-11(18)10-15-12(17-16-10)13(2,3)4/h8-9H,5-7H2,1-4H3,(H,14,18)(H,15,16,17). The number of rotatable bonds is 4. The number of nitrogens with zero attached hydrogens (tertiary/aromatic N) is 2. The van der Waals surface area contributed by atoms with Crippen LogP contribution in [0.1, 0.15) is 63.4 Å². The van der Waals surface area contributed by atoms with Gasteiger partial charge in [0.25, 0.3) is 5.91 Å². The maximum absolute atomic E-state index is 11.9. The summed E-state index contributed by atoms with van der Waals surface area (Å²) in [4.78, 5) is 16.2. The molecule has 1 heterocycles. The summed E-state index contributed by atoms with van der Waals surface area (Å²) < 4.78 is 0. The summed E-state index contributed by atoms with van der Waals surface area (Å²) >= 11 is 0. The number of H-pyrrole nitrogens is 1. The molecule has 1 aromatic heterocycles. The number of aromatic amines is 1. The molecule has 18 heavy (non-hydrogen) atoms. The van der Waals surface area contributed by atoms with Crippen LogP contribution < -0.4 is 5.32 Å². The molecule has 0 aliphatic heterocycles. The van der Waals surface area contributed by atoms with Crippen LogP contribution in [0.25, 0.3) is 0 Å². The van der Waals surface area contributed by atoms with Gasteiger partial charge in [0.05, 0.1) is 0 Å². The molecule has 0 saturated heterocycles. The minimum Gasteiger partial charge on any atom is -0.347 e. The average molecular weight is 250 g/mol. The Morgan fingerprint density at radius 1 is 1.50 bits per heavy atom. The van der Waals surface area contributed by atoms with Crippen molar-refractivity contribution < 1.29 is 4.79 Å². The molecule has 100 valence electrons. The third kappa shape index (κ3) is 3.31. The fraction of sp³-hybridized carbons (Fsp3) is 0.769. The summed E-state index contributed by atoms with van der Waals surface area (Å²) in [5.41, 5.74) is -0.120. The molecule has 0 bridgehead atoms. The number of carbonyl (C=O) groups excluding carboxylic acids is 1. The zero-order chi connectivity index (χ0) is 13.3. The van der Waals surface area contributed by atoms with E-state index in [-0.39, 0.29) is 23.2 Å². The molecule has 5 heteroatoms. The first-order valence-electron chi connectivity index (χ1n) is 6.60. The molecule has 2 rings (SSSR count). The lowest BCUT2D eigenvalue weighted by atomic mass is 9.96. The van der Waals surface area contributed by atoms with E-state index in [0.717, 1.165) is 18.2 Å². The van der Waals surface area contributed by atoms with Crippen molar-refractivity contribution in [1.29, 1.82) is 0 Å². The van der Waals surface area contributed by atoms with Gasteiger partial charge in [0, 0.05) is 11.5 Å². The van der Waals surface area contributed by atoms with Gasteiger partial charge in [0.2, 0.25) is 5.82 Å². The molecule has 1 aliphatic carbocycles. The molecule has 1 atom stereocenters. The number of carbonyl (C=O) groups is 1. The Bertz CT molecular complexity index is 428. The quantitative estimate of drug-likeness (QED) is 0.858. The zero-order valence-corrected chi connectivity index (χ0v) is 11.6. The number of aromatic nitrogens is 3. The Morgan fingerprint density at radius 2 is 2.17 bits per heavy atom. The second-order valence-electron chi connectivity index (χ2n) is 6.31. The van der Waals surface area contributed by atoms with Crippen LogP contribution in [0.2, 0.25) is 0 Å². The lowest BCUT2D eigenvalue weighted by molar-refractivity contribution is 0.0927. The largest absolute Gasteiger partial charge is 0.347 e. The topological polar surface area (TPSA) is 70.7 Å². The second kappa shape index (κ2) is 4.71. The van der Waals surface area contributed by atoms with Gasteiger partial charge in [-0.05, 0) is 19.3 Å². The van der Waals surface area contributed by atoms with Gasteiger partial charge in [-0.15, -0.1) is 5.10 Å². The van der Waals surface area contributed by atoms with Crippen LogP contribution >= 0.6 is 0 Å². The lowest BCUT2D eigenvalue weighted by Gasteiger charge is -2.13. The molecule has 2 N–H and O–H groups in total. The molecule has 1 aliphatic rings. The van der Waals surface area contributed by atoms with Gasteiger partial charge in [0.1, 0.15) is 5.82 Å². The van der Waals surface area contributed by atoms with Crippen molar-refractivity contribution in [3.05, 3.63) is 11.6 Å². The van der Waals surface area contributed by atoms with E-state index in [0.29, 0.717) is 0 Å². The van der Waals surface area contributed by atoms with Gasteiger partial charge in [-0.1, -0.05) is 33.6 Å². The van der Waals surface area contributed by atoms with Gasteiger partial charge in [-0.3, -0.25) is 9.89 Å². The first kappa shape index (κ1) is 13.1. The van der Waals surface area contributed by atoms with Crippen LogP contribution in [0.15, 0.2) is 0 Å². The van der Waals surface area contributed by atoms with Crippen molar-refractivity contribution >= 4 is 5.91 Å². The lowest BCUT2D eigenvalue weighted by Crippen LogP contribution is -2.33. The zero-order valence-electron chi connectivity index (χ0n) is 11.6. The average Bonchev–Trinajstić information content (AvgIpc) is 2.91. The molecule has 0 radical (unpaired) electrons. The van der Waals surface area contributed by atoms with Crippen LogP contribution in [0.4, 0.5) is 0 Å². The predicted octanol–water partition coefficient (Wildman–Crippen LogP) is 2.02. The second-order valence-corrected chi connectivity index (χ2v) is 6.31. The smallest absolute Gasteiger partial charge is 0.291 e. The Balaban J connectivity index is 1.93. The molecular formula is C13H22N4O. The Labute approximate surface area is 108 Å². The third-order valence-corrected chi connectivity index (χ3v) is 3.16. The van der Waals surface area contributed by atoms with Crippen molar-refractivity contribution in [2.24, 2.45) is 5.92 Å². The minimum atomic E-state index is -0.185. The maximum atomic E-state index is 11.9. The molecular weight excluding hydrogens is 228 g/mol. The van der Waals surface area contributed by atoms with Gasteiger partial charge in [0.15, 0.2) is 0 Å². The van der Waals surface area contributed by atoms with Gasteiger partial charge in [-0.25, -0.2) is 4.98 Å². The van der Waals surface area contributed by atoms with E-state index in [1.54, 1.807) is 0 Å². The van der Waals surface area contributed by atoms with E-state index in [4.69, 9.17) is 0 Å². The summed E-state index contributed by atoms with van der Waals surface area (Å²) in [5, 5.41) is 9.76. The number of nitrogens with one attached hydrogen (secondary N) is 2. The molecule has 0 aromatic carbocycles. The summed E-state index contributed by atoms with van der Waals surface area (Å²) in [6.45, 7) is 8.13. The van der Waals surface area contributed by atoms with E-state index < -0.39 is 0 Å². The fourth-order valence-corrected chi connectivity index (χ4v) is 1.90. The van der Waals surface area contributed by atoms with Crippen molar-refractivity contribution in [3.63, 3.8) is 0 Å². The van der Waals surface area contributed by atoms with Crippen LogP contribution in [-0.2, 0) is 5.41 Å². The number of hydrogen-bond acceptors (Lipinski definition) is 3. The highest BCUT2D eigenvalue weighted by Gasteiger charge is 2.26. The minimum absolute atomic E-state index is 0.120. The Morgan fingerprint density at radius 3 is 2.67 bits per heavy atom. The molecule has 0 spiro atoms. The van der Waals surface area contributed by atoms with Crippen molar-refractivity contribution in [2.75, 3.05) is 0 Å². The van der Waals surface area contributed by atoms with Crippen LogP contribution in [0.3, 0.4) is 0 Å². The van der Waals surface area contributed by atoms with E-state index in [2.05, 4.69) is 20.5 Å². The van der Waals surface area contributed by atoms with E-state index >= 15 is 0 Å². The maximum Gasteiger partial charge on any atom is 0.291 e. The van der Waals surface area contributed by atoms with Crippen molar-refractivity contribution in [2.45, 2.75) is 58.4 Å². The highest BCUT2D eigenvalue weighted by molar-refractivity contribution is 5.90. The summed E-state index contributed by atoms with van der Waals surface area (Å²) in [7, 11) is 0.